The zero-order valence-electron chi connectivity index (χ0n) is 15.7. The summed E-state index contributed by atoms with van der Waals surface area (Å²) in [4.78, 5) is 32.5. The van der Waals surface area contributed by atoms with Gasteiger partial charge < -0.3 is 10.3 Å². The third-order valence-electron chi connectivity index (χ3n) is 5.11. The Labute approximate surface area is 166 Å². The van der Waals surface area contributed by atoms with Gasteiger partial charge in [-0.25, -0.2) is 19.0 Å². The van der Waals surface area contributed by atoms with Gasteiger partial charge in [0, 0.05) is 18.0 Å². The normalized spacial score (nSPS) is 13.7. The monoisotopic (exact) mass is 388 g/mol. The Morgan fingerprint density at radius 2 is 2.00 bits per heavy atom. The number of para-hydroxylation sites is 1. The molecule has 2 N–H and O–H groups in total. The standard InChI is InChI=1S/C21H20N6O2/c28-20(15-8-9-17-18(12-15)24-13-23-17)22-10-11-26-21(29)27(16-4-2-1-3-5-16)19(25-26)14-6-7-14/h1-5,8-9,12-14H,6-7,10-11H2,(H,22,28)(H,23,24). The van der Waals surface area contributed by atoms with E-state index in [-0.39, 0.29) is 11.6 Å². The van der Waals surface area contributed by atoms with Crippen LogP contribution in [-0.2, 0) is 6.54 Å². The molecule has 8 nitrogen and oxygen atoms in total. The molecule has 2 heterocycles. The molecule has 0 bridgehead atoms. The molecule has 146 valence electrons. The minimum absolute atomic E-state index is 0.175. The summed E-state index contributed by atoms with van der Waals surface area (Å²) in [6.45, 7) is 0.631. The van der Waals surface area contributed by atoms with Crippen LogP contribution in [0.25, 0.3) is 16.7 Å². The molecule has 0 saturated heterocycles. The van der Waals surface area contributed by atoms with Gasteiger partial charge in [0.2, 0.25) is 0 Å². The molecule has 1 fully saturated rings. The Kier molecular flexibility index (Phi) is 4.23. The van der Waals surface area contributed by atoms with Gasteiger partial charge in [-0.3, -0.25) is 4.79 Å². The second-order valence-corrected chi connectivity index (χ2v) is 7.20. The van der Waals surface area contributed by atoms with Crippen LogP contribution in [0.5, 0.6) is 0 Å². The maximum absolute atomic E-state index is 12.9. The molecule has 1 saturated carbocycles. The van der Waals surface area contributed by atoms with E-state index in [1.54, 1.807) is 29.1 Å². The molecule has 0 atom stereocenters. The van der Waals surface area contributed by atoms with E-state index in [2.05, 4.69) is 20.4 Å². The zero-order chi connectivity index (χ0) is 19.8. The van der Waals surface area contributed by atoms with E-state index >= 15 is 0 Å². The van der Waals surface area contributed by atoms with Crippen molar-refractivity contribution in [2.75, 3.05) is 6.54 Å². The average Bonchev–Trinajstić information content (AvgIpc) is 3.39. The SMILES string of the molecule is O=C(NCCn1nc(C2CC2)n(-c2ccccc2)c1=O)c1ccc2nc[nH]c2c1. The van der Waals surface area contributed by atoms with E-state index in [0.717, 1.165) is 35.4 Å². The van der Waals surface area contributed by atoms with Crippen molar-refractivity contribution in [1.82, 2.24) is 29.6 Å². The van der Waals surface area contributed by atoms with Crippen LogP contribution in [0.2, 0.25) is 0 Å². The number of hydrogen-bond acceptors (Lipinski definition) is 4. The van der Waals surface area contributed by atoms with Crippen molar-refractivity contribution in [2.45, 2.75) is 25.3 Å². The van der Waals surface area contributed by atoms with Crippen LogP contribution in [-0.4, -0.2) is 36.8 Å². The van der Waals surface area contributed by atoms with Gasteiger partial charge in [-0.05, 0) is 43.2 Å². The minimum Gasteiger partial charge on any atom is -0.350 e. The molecule has 0 radical (unpaired) electrons. The summed E-state index contributed by atoms with van der Waals surface area (Å²) in [5.41, 5.74) is 2.81. The van der Waals surface area contributed by atoms with Crippen molar-refractivity contribution in [3.8, 4) is 5.69 Å². The lowest BCUT2D eigenvalue weighted by Gasteiger charge is -2.05. The number of carbonyl (C=O) groups is 1. The smallest absolute Gasteiger partial charge is 0.350 e. The molecule has 2 aromatic carbocycles. The fraction of sp³-hybridized carbons (Fsp3) is 0.238. The van der Waals surface area contributed by atoms with Crippen molar-refractivity contribution in [3.63, 3.8) is 0 Å². The van der Waals surface area contributed by atoms with Gasteiger partial charge in [0.1, 0.15) is 5.82 Å². The Bertz CT molecular complexity index is 1230. The molecular weight excluding hydrogens is 368 g/mol. The molecule has 8 heteroatoms. The van der Waals surface area contributed by atoms with Crippen LogP contribution in [0.3, 0.4) is 0 Å². The van der Waals surface area contributed by atoms with E-state index in [1.807, 2.05) is 30.3 Å². The van der Waals surface area contributed by atoms with Gasteiger partial charge in [0.15, 0.2) is 0 Å². The first-order chi connectivity index (χ1) is 14.2. The first kappa shape index (κ1) is 17.4. The van der Waals surface area contributed by atoms with Crippen LogP contribution >= 0.6 is 0 Å². The molecular formula is C21H20N6O2. The molecule has 1 aliphatic rings. The van der Waals surface area contributed by atoms with Crippen molar-refractivity contribution in [1.29, 1.82) is 0 Å². The van der Waals surface area contributed by atoms with Gasteiger partial charge in [0.05, 0.1) is 29.6 Å². The minimum atomic E-state index is -0.195. The van der Waals surface area contributed by atoms with Gasteiger partial charge in [0.25, 0.3) is 5.91 Å². The lowest BCUT2D eigenvalue weighted by Crippen LogP contribution is -2.32. The highest BCUT2D eigenvalue weighted by atomic mass is 16.2. The molecule has 0 unspecified atom stereocenters. The summed E-state index contributed by atoms with van der Waals surface area (Å²) in [6, 6.07) is 14.9. The molecule has 0 spiro atoms. The van der Waals surface area contributed by atoms with E-state index in [0.29, 0.717) is 24.6 Å². The molecule has 0 aliphatic heterocycles. The van der Waals surface area contributed by atoms with E-state index < -0.39 is 0 Å². The third kappa shape index (κ3) is 3.33. The number of nitrogens with zero attached hydrogens (tertiary/aromatic N) is 4. The van der Waals surface area contributed by atoms with Gasteiger partial charge in [-0.1, -0.05) is 18.2 Å². The van der Waals surface area contributed by atoms with Gasteiger partial charge >= 0.3 is 5.69 Å². The number of imidazole rings is 1. The van der Waals surface area contributed by atoms with E-state index in [4.69, 9.17) is 0 Å². The number of benzene rings is 2. The molecule has 29 heavy (non-hydrogen) atoms. The fourth-order valence-corrected chi connectivity index (χ4v) is 3.45. The lowest BCUT2D eigenvalue weighted by atomic mass is 10.2. The molecule has 2 aromatic heterocycles. The topological polar surface area (TPSA) is 97.6 Å². The molecule has 4 aromatic rings. The summed E-state index contributed by atoms with van der Waals surface area (Å²) >= 11 is 0. The highest BCUT2D eigenvalue weighted by Crippen LogP contribution is 2.39. The number of aromatic nitrogens is 5. The van der Waals surface area contributed by atoms with E-state index in [9.17, 15) is 9.59 Å². The van der Waals surface area contributed by atoms with Crippen LogP contribution < -0.4 is 11.0 Å². The third-order valence-corrected chi connectivity index (χ3v) is 5.11. The summed E-state index contributed by atoms with van der Waals surface area (Å²) in [6.07, 6.45) is 3.70. The number of nitrogens with one attached hydrogen (secondary N) is 2. The average molecular weight is 388 g/mol. The largest absolute Gasteiger partial charge is 0.350 e. The highest BCUT2D eigenvalue weighted by molar-refractivity contribution is 5.97. The number of fused-ring (bicyclic) bond motifs is 1. The Balaban J connectivity index is 1.32. The quantitative estimate of drug-likeness (QED) is 0.529. The predicted octanol–water partition coefficient (Wildman–Crippen LogP) is 2.22. The Morgan fingerprint density at radius 1 is 1.17 bits per heavy atom. The van der Waals surface area contributed by atoms with Crippen LogP contribution in [0.1, 0.15) is 34.9 Å². The summed E-state index contributed by atoms with van der Waals surface area (Å²) in [5, 5.41) is 7.42. The number of hydrogen-bond donors (Lipinski definition) is 2. The van der Waals surface area contributed by atoms with Crippen molar-refractivity contribution < 1.29 is 4.79 Å². The number of rotatable bonds is 6. The number of aromatic amines is 1. The molecule has 1 amide bonds. The van der Waals surface area contributed by atoms with E-state index in [1.165, 1.54) is 4.68 Å². The van der Waals surface area contributed by atoms with Crippen molar-refractivity contribution in [2.24, 2.45) is 0 Å². The van der Waals surface area contributed by atoms with Crippen LogP contribution in [0.15, 0.2) is 59.7 Å². The number of carbonyl (C=O) groups excluding carboxylic acids is 1. The first-order valence-electron chi connectivity index (χ1n) is 9.67. The maximum Gasteiger partial charge on any atom is 0.350 e. The molecule has 5 rings (SSSR count). The lowest BCUT2D eigenvalue weighted by molar-refractivity contribution is 0.0952. The zero-order valence-corrected chi connectivity index (χ0v) is 15.7. The summed E-state index contributed by atoms with van der Waals surface area (Å²) in [7, 11) is 0. The fourth-order valence-electron chi connectivity index (χ4n) is 3.45. The second-order valence-electron chi connectivity index (χ2n) is 7.20. The molecule has 1 aliphatic carbocycles. The van der Waals surface area contributed by atoms with Gasteiger partial charge in [-0.15, -0.1) is 0 Å². The maximum atomic E-state index is 12.9. The Hall–Kier alpha value is -3.68. The van der Waals surface area contributed by atoms with Crippen LogP contribution in [0, 0.1) is 0 Å². The summed E-state index contributed by atoms with van der Waals surface area (Å²) in [5.74, 6) is 0.941. The predicted molar refractivity (Wildman–Crippen MR) is 108 cm³/mol. The first-order valence-corrected chi connectivity index (χ1v) is 9.67. The Morgan fingerprint density at radius 3 is 2.79 bits per heavy atom. The van der Waals surface area contributed by atoms with Crippen molar-refractivity contribution >= 4 is 16.9 Å². The van der Waals surface area contributed by atoms with Crippen molar-refractivity contribution in [3.05, 3.63) is 76.7 Å². The second kappa shape index (κ2) is 7.05. The summed E-state index contributed by atoms with van der Waals surface area (Å²) < 4.78 is 3.13. The highest BCUT2D eigenvalue weighted by Gasteiger charge is 2.31. The number of amides is 1. The van der Waals surface area contributed by atoms with Gasteiger partial charge in [-0.2, -0.15) is 5.10 Å². The number of H-pyrrole nitrogens is 1. The van der Waals surface area contributed by atoms with Crippen LogP contribution in [0.4, 0.5) is 0 Å².